The molecule has 1 aliphatic heterocycles. The molecule has 2 amide bonds. The molecular formula is C10H15BrN2O2. The van der Waals surface area contributed by atoms with E-state index in [0.29, 0.717) is 6.54 Å². The molecule has 1 saturated heterocycles. The lowest BCUT2D eigenvalue weighted by molar-refractivity contribution is -0.140. The fourth-order valence-corrected chi connectivity index (χ4v) is 1.75. The molecule has 15 heavy (non-hydrogen) atoms. The van der Waals surface area contributed by atoms with Gasteiger partial charge in [0.05, 0.1) is 12.5 Å². The van der Waals surface area contributed by atoms with Crippen LogP contribution in [-0.4, -0.2) is 35.3 Å². The lowest BCUT2D eigenvalue weighted by Gasteiger charge is -2.19. The normalized spacial score (nSPS) is 21.6. The van der Waals surface area contributed by atoms with Crippen LogP contribution in [0.3, 0.4) is 0 Å². The molecular weight excluding hydrogens is 260 g/mol. The van der Waals surface area contributed by atoms with Crippen LogP contribution in [0, 0.1) is 0 Å². The van der Waals surface area contributed by atoms with Crippen LogP contribution in [0.5, 0.6) is 0 Å². The maximum atomic E-state index is 11.8. The van der Waals surface area contributed by atoms with Gasteiger partial charge in [-0.25, -0.2) is 0 Å². The van der Waals surface area contributed by atoms with E-state index in [1.807, 2.05) is 13.8 Å². The van der Waals surface area contributed by atoms with Crippen molar-refractivity contribution in [3.8, 4) is 0 Å². The van der Waals surface area contributed by atoms with Gasteiger partial charge >= 0.3 is 0 Å². The molecule has 0 radical (unpaired) electrons. The van der Waals surface area contributed by atoms with Crippen molar-refractivity contribution >= 4 is 27.7 Å². The van der Waals surface area contributed by atoms with E-state index in [1.165, 1.54) is 4.90 Å². The van der Waals surface area contributed by atoms with Crippen molar-refractivity contribution in [2.24, 2.45) is 0 Å². The van der Waals surface area contributed by atoms with Crippen molar-refractivity contribution in [2.75, 3.05) is 6.54 Å². The van der Waals surface area contributed by atoms with E-state index in [1.54, 1.807) is 0 Å². The lowest BCUT2D eigenvalue weighted by Crippen LogP contribution is -2.42. The molecule has 1 N–H and O–H groups in total. The summed E-state index contributed by atoms with van der Waals surface area (Å²) in [5, 5.41) is 2.99. The minimum atomic E-state index is -0.394. The summed E-state index contributed by atoms with van der Waals surface area (Å²) < 4.78 is 0.769. The first kappa shape index (κ1) is 12.4. The predicted molar refractivity (Wildman–Crippen MR) is 61.5 cm³/mol. The smallest absolute Gasteiger partial charge is 0.247 e. The SMILES string of the molecule is C=C(Br)CNC1CC(=O)N(C(C)C)C1=O. The van der Waals surface area contributed by atoms with Crippen molar-refractivity contribution in [1.82, 2.24) is 10.2 Å². The van der Waals surface area contributed by atoms with Crippen LogP contribution in [0.4, 0.5) is 0 Å². The maximum Gasteiger partial charge on any atom is 0.247 e. The van der Waals surface area contributed by atoms with Gasteiger partial charge in [0, 0.05) is 17.1 Å². The van der Waals surface area contributed by atoms with E-state index in [9.17, 15) is 9.59 Å². The molecule has 1 unspecified atom stereocenters. The first-order valence-electron chi connectivity index (χ1n) is 4.86. The summed E-state index contributed by atoms with van der Waals surface area (Å²) in [6.07, 6.45) is 0.247. The zero-order chi connectivity index (χ0) is 11.6. The van der Waals surface area contributed by atoms with Gasteiger partial charge in [-0.2, -0.15) is 0 Å². The minimum Gasteiger partial charge on any atom is -0.301 e. The van der Waals surface area contributed by atoms with Gasteiger partial charge in [-0.05, 0) is 13.8 Å². The summed E-state index contributed by atoms with van der Waals surface area (Å²) in [6, 6.07) is -0.460. The Morgan fingerprint density at radius 1 is 1.67 bits per heavy atom. The number of likely N-dealkylation sites (tertiary alicyclic amines) is 1. The summed E-state index contributed by atoms with van der Waals surface area (Å²) in [4.78, 5) is 24.6. The molecule has 0 aromatic heterocycles. The second-order valence-corrected chi connectivity index (χ2v) is 4.97. The van der Waals surface area contributed by atoms with Gasteiger partial charge in [0.2, 0.25) is 11.8 Å². The van der Waals surface area contributed by atoms with Crippen LogP contribution in [0.25, 0.3) is 0 Å². The van der Waals surface area contributed by atoms with Crippen LogP contribution < -0.4 is 5.32 Å². The van der Waals surface area contributed by atoms with Crippen molar-refractivity contribution < 1.29 is 9.59 Å². The summed E-state index contributed by atoms with van der Waals surface area (Å²) >= 11 is 3.19. The van der Waals surface area contributed by atoms with Crippen LogP contribution >= 0.6 is 15.9 Å². The third-order valence-electron chi connectivity index (χ3n) is 2.24. The molecule has 0 aliphatic carbocycles. The third-order valence-corrected chi connectivity index (χ3v) is 2.52. The molecule has 0 aromatic rings. The molecule has 0 aromatic carbocycles. The molecule has 0 spiro atoms. The monoisotopic (exact) mass is 274 g/mol. The topological polar surface area (TPSA) is 49.4 Å². The Morgan fingerprint density at radius 2 is 2.27 bits per heavy atom. The number of halogens is 1. The zero-order valence-electron chi connectivity index (χ0n) is 8.92. The molecule has 0 bridgehead atoms. The van der Waals surface area contributed by atoms with Crippen molar-refractivity contribution in [3.63, 3.8) is 0 Å². The van der Waals surface area contributed by atoms with Crippen molar-refractivity contribution in [1.29, 1.82) is 0 Å². The van der Waals surface area contributed by atoms with Crippen LogP contribution in [-0.2, 0) is 9.59 Å². The van der Waals surface area contributed by atoms with E-state index < -0.39 is 6.04 Å². The predicted octanol–water partition coefficient (Wildman–Crippen LogP) is 1.02. The molecule has 1 fully saturated rings. The minimum absolute atomic E-state index is 0.0658. The molecule has 84 valence electrons. The highest BCUT2D eigenvalue weighted by molar-refractivity contribution is 9.11. The first-order chi connectivity index (χ1) is 6.93. The van der Waals surface area contributed by atoms with Gasteiger partial charge in [0.15, 0.2) is 0 Å². The third kappa shape index (κ3) is 2.89. The largest absolute Gasteiger partial charge is 0.301 e. The van der Waals surface area contributed by atoms with Crippen LogP contribution in [0.2, 0.25) is 0 Å². The number of nitrogens with zero attached hydrogens (tertiary/aromatic N) is 1. The number of imide groups is 1. The second-order valence-electron chi connectivity index (χ2n) is 3.85. The van der Waals surface area contributed by atoms with E-state index >= 15 is 0 Å². The highest BCUT2D eigenvalue weighted by Gasteiger charge is 2.39. The standard InChI is InChI=1S/C10H15BrN2O2/c1-6(2)13-9(14)4-8(10(13)15)12-5-7(3)11/h6,8,12H,3-5H2,1-2H3. The molecule has 4 nitrogen and oxygen atoms in total. The molecule has 1 rings (SSSR count). The average Bonchev–Trinajstić information content (AvgIpc) is 2.37. The summed E-state index contributed by atoms with van der Waals surface area (Å²) in [5.41, 5.74) is 0. The number of nitrogens with one attached hydrogen (secondary N) is 1. The number of amides is 2. The van der Waals surface area contributed by atoms with E-state index in [-0.39, 0.29) is 24.3 Å². The Kier molecular flexibility index (Phi) is 4.04. The Bertz CT molecular complexity index is 302. The Morgan fingerprint density at radius 3 is 2.67 bits per heavy atom. The second kappa shape index (κ2) is 4.90. The first-order valence-corrected chi connectivity index (χ1v) is 5.65. The van der Waals surface area contributed by atoms with Crippen molar-refractivity contribution in [2.45, 2.75) is 32.4 Å². The van der Waals surface area contributed by atoms with E-state index in [2.05, 4.69) is 27.8 Å². The summed E-state index contributed by atoms with van der Waals surface area (Å²) in [7, 11) is 0. The lowest BCUT2D eigenvalue weighted by atomic mass is 10.2. The Balaban J connectivity index is 2.61. The number of carbonyl (C=O) groups excluding carboxylic acids is 2. The van der Waals surface area contributed by atoms with Gasteiger partial charge in [0.1, 0.15) is 0 Å². The van der Waals surface area contributed by atoms with Crippen molar-refractivity contribution in [3.05, 3.63) is 11.1 Å². The molecule has 1 heterocycles. The molecule has 1 aliphatic rings. The zero-order valence-corrected chi connectivity index (χ0v) is 10.5. The number of rotatable bonds is 4. The fraction of sp³-hybridized carbons (Fsp3) is 0.600. The Hall–Kier alpha value is -0.680. The fourth-order valence-electron chi connectivity index (χ4n) is 1.59. The molecule has 0 saturated carbocycles. The Labute approximate surface area is 97.8 Å². The number of hydrogen-bond acceptors (Lipinski definition) is 3. The number of carbonyl (C=O) groups is 2. The maximum absolute atomic E-state index is 11.8. The summed E-state index contributed by atoms with van der Waals surface area (Å²) in [5.74, 6) is -0.239. The highest BCUT2D eigenvalue weighted by Crippen LogP contribution is 2.16. The molecule has 5 heteroatoms. The molecule has 1 atom stereocenters. The quantitative estimate of drug-likeness (QED) is 0.779. The van der Waals surface area contributed by atoms with Crippen LogP contribution in [0.1, 0.15) is 20.3 Å². The average molecular weight is 275 g/mol. The highest BCUT2D eigenvalue weighted by atomic mass is 79.9. The van der Waals surface area contributed by atoms with E-state index in [0.717, 1.165) is 4.48 Å². The van der Waals surface area contributed by atoms with Gasteiger partial charge < -0.3 is 5.32 Å². The number of hydrogen-bond donors (Lipinski definition) is 1. The van der Waals surface area contributed by atoms with E-state index in [4.69, 9.17) is 0 Å². The van der Waals surface area contributed by atoms with Crippen LogP contribution in [0.15, 0.2) is 11.1 Å². The van der Waals surface area contributed by atoms with Gasteiger partial charge in [-0.3, -0.25) is 14.5 Å². The summed E-state index contributed by atoms with van der Waals surface area (Å²) in [6.45, 7) is 7.82. The van der Waals surface area contributed by atoms with Gasteiger partial charge in [-0.1, -0.05) is 22.5 Å². The van der Waals surface area contributed by atoms with Gasteiger partial charge in [-0.15, -0.1) is 0 Å². The van der Waals surface area contributed by atoms with Gasteiger partial charge in [0.25, 0.3) is 0 Å².